The number of nitrogens with zero attached hydrogens (tertiary/aromatic N) is 2. The van der Waals surface area contributed by atoms with Gasteiger partial charge < -0.3 is 10.2 Å². The Bertz CT molecular complexity index is 434. The SMILES string of the molecule is CN1CCCC2CN(S(=O)(=O)C3CCNCC3)CCC21. The topological polar surface area (TPSA) is 52.7 Å². The Morgan fingerprint density at radius 2 is 1.80 bits per heavy atom. The van der Waals surface area contributed by atoms with Crippen molar-refractivity contribution >= 4 is 10.0 Å². The molecule has 3 saturated heterocycles. The summed E-state index contributed by atoms with van der Waals surface area (Å²) in [5, 5.41) is 3.10. The zero-order chi connectivity index (χ0) is 14.2. The van der Waals surface area contributed by atoms with E-state index in [4.69, 9.17) is 0 Å². The molecule has 3 fully saturated rings. The number of fused-ring (bicyclic) bond motifs is 1. The Kier molecular flexibility index (Phi) is 4.36. The first-order valence-corrected chi connectivity index (χ1v) is 9.49. The summed E-state index contributed by atoms with van der Waals surface area (Å²) < 4.78 is 27.4. The second kappa shape index (κ2) is 5.91. The van der Waals surface area contributed by atoms with E-state index >= 15 is 0 Å². The predicted molar refractivity (Wildman–Crippen MR) is 80.1 cm³/mol. The summed E-state index contributed by atoms with van der Waals surface area (Å²) >= 11 is 0. The van der Waals surface area contributed by atoms with Crippen LogP contribution in [0.15, 0.2) is 0 Å². The van der Waals surface area contributed by atoms with E-state index in [0.29, 0.717) is 12.0 Å². The molecule has 116 valence electrons. The molecular formula is C14H27N3O2S. The Hall–Kier alpha value is -0.170. The lowest BCUT2D eigenvalue weighted by atomic mass is 9.85. The van der Waals surface area contributed by atoms with Crippen LogP contribution in [0.1, 0.15) is 32.1 Å². The highest BCUT2D eigenvalue weighted by Gasteiger charge is 2.40. The molecule has 0 bridgehead atoms. The van der Waals surface area contributed by atoms with Gasteiger partial charge >= 0.3 is 0 Å². The van der Waals surface area contributed by atoms with Crippen molar-refractivity contribution in [3.8, 4) is 0 Å². The van der Waals surface area contributed by atoms with Gasteiger partial charge in [-0.2, -0.15) is 0 Å². The Balaban J connectivity index is 1.68. The first-order chi connectivity index (χ1) is 9.59. The van der Waals surface area contributed by atoms with Crippen molar-refractivity contribution in [2.45, 2.75) is 43.4 Å². The number of hydrogen-bond acceptors (Lipinski definition) is 4. The third kappa shape index (κ3) is 2.75. The molecule has 3 aliphatic rings. The van der Waals surface area contributed by atoms with Crippen molar-refractivity contribution in [1.29, 1.82) is 0 Å². The molecule has 0 radical (unpaired) electrons. The van der Waals surface area contributed by atoms with Gasteiger partial charge in [0.25, 0.3) is 0 Å². The molecule has 3 heterocycles. The molecule has 20 heavy (non-hydrogen) atoms. The van der Waals surface area contributed by atoms with Gasteiger partial charge in [-0.3, -0.25) is 0 Å². The third-order valence-electron chi connectivity index (χ3n) is 5.38. The van der Waals surface area contributed by atoms with E-state index < -0.39 is 10.0 Å². The molecule has 0 aliphatic carbocycles. The number of nitrogens with one attached hydrogen (secondary N) is 1. The Morgan fingerprint density at radius 1 is 1.05 bits per heavy atom. The van der Waals surface area contributed by atoms with Gasteiger partial charge in [0.05, 0.1) is 5.25 Å². The quantitative estimate of drug-likeness (QED) is 0.806. The van der Waals surface area contributed by atoms with E-state index in [0.717, 1.165) is 45.4 Å². The highest BCUT2D eigenvalue weighted by Crippen LogP contribution is 2.32. The van der Waals surface area contributed by atoms with Crippen LogP contribution >= 0.6 is 0 Å². The molecule has 0 spiro atoms. The molecular weight excluding hydrogens is 274 g/mol. The van der Waals surface area contributed by atoms with Crippen LogP contribution in [0.2, 0.25) is 0 Å². The molecule has 0 aromatic carbocycles. The average molecular weight is 301 g/mol. The zero-order valence-corrected chi connectivity index (χ0v) is 13.2. The van der Waals surface area contributed by atoms with E-state index in [1.165, 1.54) is 19.4 Å². The molecule has 2 atom stereocenters. The fraction of sp³-hybridized carbons (Fsp3) is 1.00. The van der Waals surface area contributed by atoms with Crippen molar-refractivity contribution in [3.05, 3.63) is 0 Å². The zero-order valence-electron chi connectivity index (χ0n) is 12.4. The maximum Gasteiger partial charge on any atom is 0.217 e. The van der Waals surface area contributed by atoms with Gasteiger partial charge in [-0.15, -0.1) is 0 Å². The van der Waals surface area contributed by atoms with Crippen LogP contribution in [0.3, 0.4) is 0 Å². The van der Waals surface area contributed by atoms with Gasteiger partial charge in [-0.25, -0.2) is 12.7 Å². The summed E-state index contributed by atoms with van der Waals surface area (Å²) in [6.07, 6.45) is 4.94. The van der Waals surface area contributed by atoms with E-state index in [2.05, 4.69) is 17.3 Å². The average Bonchev–Trinajstić information content (AvgIpc) is 2.48. The normalized spacial score (nSPS) is 34.9. The number of hydrogen-bond donors (Lipinski definition) is 1. The van der Waals surface area contributed by atoms with Crippen molar-refractivity contribution in [1.82, 2.24) is 14.5 Å². The summed E-state index contributed by atoms with van der Waals surface area (Å²) in [6, 6.07) is 0.600. The first kappa shape index (κ1) is 14.8. The highest BCUT2D eigenvalue weighted by atomic mass is 32.2. The maximum atomic E-state index is 12.8. The van der Waals surface area contributed by atoms with Gasteiger partial charge in [0, 0.05) is 19.1 Å². The van der Waals surface area contributed by atoms with Crippen LogP contribution in [0.25, 0.3) is 0 Å². The number of rotatable bonds is 2. The summed E-state index contributed by atoms with van der Waals surface area (Å²) in [5.41, 5.74) is 0. The molecule has 0 aromatic rings. The summed E-state index contributed by atoms with van der Waals surface area (Å²) in [4.78, 5) is 2.43. The van der Waals surface area contributed by atoms with Gasteiger partial charge in [0.1, 0.15) is 0 Å². The fourth-order valence-electron chi connectivity index (χ4n) is 4.15. The standard InChI is InChI=1S/C14H27N3O2S/c1-16-9-2-3-12-11-17(10-6-14(12)16)20(18,19)13-4-7-15-8-5-13/h12-15H,2-11H2,1H3. The monoisotopic (exact) mass is 301 g/mol. The molecule has 6 heteroatoms. The first-order valence-electron chi connectivity index (χ1n) is 7.99. The molecule has 1 N–H and O–H groups in total. The minimum Gasteiger partial charge on any atom is -0.317 e. The van der Waals surface area contributed by atoms with E-state index in [1.54, 1.807) is 0 Å². The number of sulfonamides is 1. The maximum absolute atomic E-state index is 12.8. The molecule has 0 aromatic heterocycles. The van der Waals surface area contributed by atoms with Gasteiger partial charge in [0.15, 0.2) is 0 Å². The van der Waals surface area contributed by atoms with E-state index in [1.807, 2.05) is 4.31 Å². The van der Waals surface area contributed by atoms with Gasteiger partial charge in [-0.05, 0) is 64.7 Å². The summed E-state index contributed by atoms with van der Waals surface area (Å²) in [6.45, 7) is 4.32. The molecule has 0 amide bonds. The molecule has 2 unspecified atom stereocenters. The Morgan fingerprint density at radius 3 is 2.55 bits per heavy atom. The third-order valence-corrected chi connectivity index (χ3v) is 7.74. The second-order valence-corrected chi connectivity index (χ2v) is 8.80. The van der Waals surface area contributed by atoms with Crippen LogP contribution in [-0.2, 0) is 10.0 Å². The summed E-state index contributed by atoms with van der Waals surface area (Å²) in [5.74, 6) is 0.541. The largest absolute Gasteiger partial charge is 0.317 e. The molecule has 5 nitrogen and oxygen atoms in total. The van der Waals surface area contributed by atoms with Crippen molar-refractivity contribution in [2.24, 2.45) is 5.92 Å². The lowest BCUT2D eigenvalue weighted by Crippen LogP contribution is -2.55. The van der Waals surface area contributed by atoms with E-state index in [9.17, 15) is 8.42 Å². The van der Waals surface area contributed by atoms with Crippen molar-refractivity contribution < 1.29 is 8.42 Å². The van der Waals surface area contributed by atoms with Crippen LogP contribution in [-0.4, -0.2) is 68.7 Å². The van der Waals surface area contributed by atoms with Crippen molar-refractivity contribution in [2.75, 3.05) is 39.8 Å². The van der Waals surface area contributed by atoms with Gasteiger partial charge in [-0.1, -0.05) is 0 Å². The van der Waals surface area contributed by atoms with Crippen LogP contribution in [0.5, 0.6) is 0 Å². The minimum atomic E-state index is -3.08. The second-order valence-electron chi connectivity index (χ2n) is 6.59. The predicted octanol–water partition coefficient (Wildman–Crippen LogP) is 0.484. The minimum absolute atomic E-state index is 0.151. The number of likely N-dealkylation sites (tertiary alicyclic amines) is 1. The smallest absolute Gasteiger partial charge is 0.217 e. The number of piperidine rings is 3. The Labute approximate surface area is 122 Å². The lowest BCUT2D eigenvalue weighted by molar-refractivity contribution is 0.0666. The van der Waals surface area contributed by atoms with Crippen LogP contribution in [0.4, 0.5) is 0 Å². The fourth-order valence-corrected chi connectivity index (χ4v) is 6.17. The van der Waals surface area contributed by atoms with Crippen LogP contribution < -0.4 is 5.32 Å². The lowest BCUT2D eigenvalue weighted by Gasteiger charge is -2.46. The molecule has 0 saturated carbocycles. The van der Waals surface area contributed by atoms with Crippen molar-refractivity contribution in [3.63, 3.8) is 0 Å². The highest BCUT2D eigenvalue weighted by molar-refractivity contribution is 7.89. The van der Waals surface area contributed by atoms with E-state index in [-0.39, 0.29) is 5.25 Å². The molecule has 3 rings (SSSR count). The van der Waals surface area contributed by atoms with Gasteiger partial charge in [0.2, 0.25) is 10.0 Å². The molecule has 3 aliphatic heterocycles. The van der Waals surface area contributed by atoms with Crippen LogP contribution in [0, 0.1) is 5.92 Å². The summed E-state index contributed by atoms with van der Waals surface area (Å²) in [7, 11) is -0.890.